The molecule has 1 aliphatic heterocycles. The number of carbonyl (C=O) groups is 2. The average Bonchev–Trinajstić information content (AvgIpc) is 2.84. The molecule has 0 aromatic heterocycles. The summed E-state index contributed by atoms with van der Waals surface area (Å²) in [6.07, 6.45) is 12.5. The Bertz CT molecular complexity index is 993. The number of hydrogen-bond acceptors (Lipinski definition) is 7. The molecule has 4 N–H and O–H groups in total. The maximum Gasteiger partial charge on any atom is 0.373 e. The number of cyclic esters (lactones) is 1. The highest BCUT2D eigenvalue weighted by atomic mass is 35.5. The van der Waals surface area contributed by atoms with Gasteiger partial charge in [-0.3, -0.25) is 10.1 Å². The molecule has 38 heavy (non-hydrogen) atoms. The van der Waals surface area contributed by atoms with Crippen LogP contribution in [0.15, 0.2) is 59.5 Å². The van der Waals surface area contributed by atoms with E-state index < -0.39 is 29.8 Å². The molecule has 0 saturated carbocycles. The number of nitrogens with one attached hydrogen (secondary N) is 2. The van der Waals surface area contributed by atoms with Crippen LogP contribution < -0.4 is 10.6 Å². The van der Waals surface area contributed by atoms with E-state index >= 15 is 0 Å². The maximum atomic E-state index is 12.7. The van der Waals surface area contributed by atoms with E-state index in [9.17, 15) is 19.8 Å². The predicted molar refractivity (Wildman–Crippen MR) is 149 cm³/mol. The summed E-state index contributed by atoms with van der Waals surface area (Å²) in [5.41, 5.74) is -0.485. The van der Waals surface area contributed by atoms with Crippen molar-refractivity contribution in [1.82, 2.24) is 10.6 Å². The fraction of sp³-hybridized carbons (Fsp3) is 0.517. The van der Waals surface area contributed by atoms with E-state index in [1.54, 1.807) is 31.2 Å². The van der Waals surface area contributed by atoms with Crippen molar-refractivity contribution in [3.63, 3.8) is 0 Å². The van der Waals surface area contributed by atoms with E-state index in [-0.39, 0.29) is 23.7 Å². The summed E-state index contributed by atoms with van der Waals surface area (Å²) in [5, 5.41) is 26.5. The van der Waals surface area contributed by atoms with E-state index in [1.807, 2.05) is 33.8 Å². The van der Waals surface area contributed by atoms with Gasteiger partial charge in [-0.05, 0) is 55.7 Å². The molecule has 1 heterocycles. The van der Waals surface area contributed by atoms with E-state index in [0.29, 0.717) is 24.3 Å². The monoisotopic (exact) mass is 548 g/mol. The zero-order valence-electron chi connectivity index (χ0n) is 23.0. The van der Waals surface area contributed by atoms with E-state index in [4.69, 9.17) is 21.1 Å². The molecule has 9 heteroatoms. The van der Waals surface area contributed by atoms with Crippen LogP contribution in [-0.2, 0) is 19.1 Å². The molecule has 0 saturated heterocycles. The molecule has 8 nitrogen and oxygen atoms in total. The number of methoxy groups -OCH3 is 1. The number of aliphatic hydroxyl groups is 2. The Hall–Kier alpha value is -2.83. The molecule has 0 aromatic rings. The van der Waals surface area contributed by atoms with Crippen LogP contribution in [-0.4, -0.2) is 53.7 Å². The number of aliphatic hydroxyl groups excluding tert-OH is 2. The number of ether oxygens (including phenoxy) is 2. The fourth-order valence-electron chi connectivity index (χ4n) is 3.39. The standard InChI is InChI=1S/C29H41ClN2O6/c1-20(23-17-18-24(37-6)28(36)38-23)12-9-7-8-10-14-25(34)32-26(29(3,4)5)27(35)31-19-11-13-22(33)16-15-21(2)30/h9-12,14-15,18-20,22-23,25-26,32-34H,13,16-17H2,1-6H3,(H,31,35)/b12-9-,14-10+,19-11-,21-15+/t20-,22+,23-,25?,26+/m0/s1. The van der Waals surface area contributed by atoms with Crippen molar-refractivity contribution in [2.24, 2.45) is 11.3 Å². The summed E-state index contributed by atoms with van der Waals surface area (Å²) in [7, 11) is 1.43. The fourth-order valence-corrected chi connectivity index (χ4v) is 3.48. The average molecular weight is 549 g/mol. The maximum absolute atomic E-state index is 12.7. The summed E-state index contributed by atoms with van der Waals surface area (Å²) in [4.78, 5) is 24.5. The first kappa shape index (κ1) is 33.2. The Morgan fingerprint density at radius 1 is 1.26 bits per heavy atom. The molecule has 1 aliphatic rings. The summed E-state index contributed by atoms with van der Waals surface area (Å²) in [6.45, 7) is 9.33. The van der Waals surface area contributed by atoms with Crippen LogP contribution in [0.5, 0.6) is 0 Å². The first-order chi connectivity index (χ1) is 17.8. The highest BCUT2D eigenvalue weighted by Gasteiger charge is 2.32. The van der Waals surface area contributed by atoms with Gasteiger partial charge in [-0.25, -0.2) is 4.79 Å². The quantitative estimate of drug-likeness (QED) is 0.166. The number of halogens is 1. The Morgan fingerprint density at radius 2 is 1.92 bits per heavy atom. The number of hydrogen-bond donors (Lipinski definition) is 4. The van der Waals surface area contributed by atoms with Crippen molar-refractivity contribution in [1.29, 1.82) is 0 Å². The lowest BCUT2D eigenvalue weighted by Crippen LogP contribution is -2.53. The molecule has 0 spiro atoms. The summed E-state index contributed by atoms with van der Waals surface area (Å²) in [6, 6.07) is -0.696. The Labute approximate surface area is 231 Å². The molecule has 0 aromatic carbocycles. The van der Waals surface area contributed by atoms with Gasteiger partial charge in [-0.1, -0.05) is 69.4 Å². The van der Waals surface area contributed by atoms with Gasteiger partial charge >= 0.3 is 5.97 Å². The van der Waals surface area contributed by atoms with Gasteiger partial charge in [-0.15, -0.1) is 0 Å². The summed E-state index contributed by atoms with van der Waals surface area (Å²) >= 11 is 5.76. The van der Waals surface area contributed by atoms with Crippen LogP contribution in [0, 0.1) is 23.2 Å². The molecule has 0 radical (unpaired) electrons. The molecule has 1 unspecified atom stereocenters. The Balaban J connectivity index is 2.58. The third kappa shape index (κ3) is 13.1. The third-order valence-corrected chi connectivity index (χ3v) is 5.77. The van der Waals surface area contributed by atoms with E-state index in [2.05, 4.69) is 22.5 Å². The van der Waals surface area contributed by atoms with Crippen molar-refractivity contribution in [3.05, 3.63) is 59.5 Å². The van der Waals surface area contributed by atoms with Gasteiger partial charge in [0.15, 0.2) is 5.76 Å². The SMILES string of the molecule is COC1=CC[C@@H]([C@@H](C)/C=C\C#C/C=C/C(O)N[C@H](C(=O)N/C=C\C[C@@H](O)C/C=C(\C)Cl)C(C)(C)C)OC1=O. The first-order valence-corrected chi connectivity index (χ1v) is 12.9. The summed E-state index contributed by atoms with van der Waals surface area (Å²) < 4.78 is 10.3. The Kier molecular flexibility index (Phi) is 14.8. The molecule has 5 atom stereocenters. The zero-order valence-corrected chi connectivity index (χ0v) is 23.8. The van der Waals surface area contributed by atoms with Gasteiger partial charge in [0.1, 0.15) is 12.3 Å². The minimum Gasteiger partial charge on any atom is -0.490 e. The van der Waals surface area contributed by atoms with Crippen molar-refractivity contribution in [2.45, 2.75) is 78.4 Å². The van der Waals surface area contributed by atoms with Crippen LogP contribution >= 0.6 is 11.6 Å². The van der Waals surface area contributed by atoms with Crippen LogP contribution in [0.25, 0.3) is 0 Å². The zero-order chi connectivity index (χ0) is 28.7. The molecule has 1 rings (SSSR count). The number of esters is 1. The second-order valence-electron chi connectivity index (χ2n) is 10.1. The first-order valence-electron chi connectivity index (χ1n) is 12.5. The number of amides is 1. The molecule has 1 amide bonds. The lowest BCUT2D eigenvalue weighted by atomic mass is 9.86. The molecular weight excluding hydrogens is 508 g/mol. The molecule has 0 fully saturated rings. The van der Waals surface area contributed by atoms with E-state index in [1.165, 1.54) is 25.5 Å². The Morgan fingerprint density at radius 3 is 2.50 bits per heavy atom. The van der Waals surface area contributed by atoms with Crippen LogP contribution in [0.3, 0.4) is 0 Å². The van der Waals surface area contributed by atoms with Crippen molar-refractivity contribution < 1.29 is 29.3 Å². The third-order valence-electron chi connectivity index (χ3n) is 5.62. The highest BCUT2D eigenvalue weighted by Crippen LogP contribution is 2.22. The minimum atomic E-state index is -1.10. The molecule has 0 bridgehead atoms. The molecule has 210 valence electrons. The molecular formula is C29H41ClN2O6. The van der Waals surface area contributed by atoms with Crippen molar-refractivity contribution in [2.75, 3.05) is 7.11 Å². The van der Waals surface area contributed by atoms with Gasteiger partial charge in [0, 0.05) is 17.4 Å². The molecule has 0 aliphatic carbocycles. The highest BCUT2D eigenvalue weighted by molar-refractivity contribution is 6.29. The summed E-state index contributed by atoms with van der Waals surface area (Å²) in [5.74, 6) is 5.06. The van der Waals surface area contributed by atoms with Crippen LogP contribution in [0.4, 0.5) is 0 Å². The number of allylic oxidation sites excluding steroid dienone is 3. The lowest BCUT2D eigenvalue weighted by Gasteiger charge is -2.31. The second-order valence-corrected chi connectivity index (χ2v) is 10.7. The largest absolute Gasteiger partial charge is 0.490 e. The van der Waals surface area contributed by atoms with Gasteiger partial charge in [-0.2, -0.15) is 0 Å². The second kappa shape index (κ2) is 16.9. The normalized spacial score (nSPS) is 19.9. The van der Waals surface area contributed by atoms with E-state index in [0.717, 1.165) is 0 Å². The van der Waals surface area contributed by atoms with Crippen LogP contribution in [0.2, 0.25) is 0 Å². The van der Waals surface area contributed by atoms with Gasteiger partial charge in [0.25, 0.3) is 0 Å². The van der Waals surface area contributed by atoms with Crippen LogP contribution in [0.1, 0.15) is 53.9 Å². The number of rotatable bonds is 12. The van der Waals surface area contributed by atoms with Crippen molar-refractivity contribution in [3.8, 4) is 11.8 Å². The smallest absolute Gasteiger partial charge is 0.373 e. The lowest BCUT2D eigenvalue weighted by molar-refractivity contribution is -0.151. The topological polar surface area (TPSA) is 117 Å². The predicted octanol–water partition coefficient (Wildman–Crippen LogP) is 3.82. The van der Waals surface area contributed by atoms with Crippen molar-refractivity contribution >= 4 is 23.5 Å². The van der Waals surface area contributed by atoms with Gasteiger partial charge < -0.3 is 25.0 Å². The minimum absolute atomic E-state index is 0.0332. The van der Waals surface area contributed by atoms with Gasteiger partial charge in [0.2, 0.25) is 5.91 Å². The number of carbonyl (C=O) groups excluding carboxylic acids is 2. The van der Waals surface area contributed by atoms with Gasteiger partial charge in [0.05, 0.1) is 19.3 Å².